The molecule has 2 aromatic carbocycles. The number of rotatable bonds is 8. The van der Waals surface area contributed by atoms with Crippen molar-refractivity contribution in [2.45, 2.75) is 20.0 Å². The highest BCUT2D eigenvalue weighted by atomic mass is 16.5. The molecule has 2 aromatic rings. The molecule has 0 aromatic heterocycles. The maximum absolute atomic E-state index is 10.8. The molecule has 0 radical (unpaired) electrons. The van der Waals surface area contributed by atoms with Crippen molar-refractivity contribution in [1.82, 2.24) is 0 Å². The highest BCUT2D eigenvalue weighted by Gasteiger charge is 2.06. The van der Waals surface area contributed by atoms with Gasteiger partial charge >= 0.3 is 0 Å². The predicted octanol–water partition coefficient (Wildman–Crippen LogP) is 3.96. The number of ether oxygens (including phenoxy) is 2. The molecule has 0 aliphatic carbocycles. The fourth-order valence-corrected chi connectivity index (χ4v) is 1.96. The lowest BCUT2D eigenvalue weighted by molar-refractivity contribution is -0.107. The highest BCUT2D eigenvalue weighted by Crippen LogP contribution is 2.26. The van der Waals surface area contributed by atoms with E-state index in [1.807, 2.05) is 55.5 Å². The standard InChI is InChI=1S/C19H20O3/c1-15(2)13-22-19-12-18(9-8-17(19)10-11-20)21-14-16-6-4-3-5-7-16/h3-9,11-12H,1,10,13-14H2,2H3. The van der Waals surface area contributed by atoms with Gasteiger partial charge in [0.25, 0.3) is 0 Å². The Balaban J connectivity index is 2.09. The molecule has 0 fully saturated rings. The van der Waals surface area contributed by atoms with Gasteiger partial charge in [-0.15, -0.1) is 0 Å². The van der Waals surface area contributed by atoms with Gasteiger partial charge in [0.15, 0.2) is 0 Å². The van der Waals surface area contributed by atoms with Crippen LogP contribution in [0.2, 0.25) is 0 Å². The molecule has 114 valence electrons. The average Bonchev–Trinajstić information content (AvgIpc) is 2.53. The largest absolute Gasteiger partial charge is 0.489 e. The van der Waals surface area contributed by atoms with E-state index in [9.17, 15) is 4.79 Å². The Bertz CT molecular complexity index is 632. The second-order valence-electron chi connectivity index (χ2n) is 5.16. The molecule has 0 atom stereocenters. The van der Waals surface area contributed by atoms with E-state index in [4.69, 9.17) is 9.47 Å². The second kappa shape index (κ2) is 8.03. The Morgan fingerprint density at radius 3 is 2.59 bits per heavy atom. The fraction of sp³-hybridized carbons (Fsp3) is 0.211. The molecule has 22 heavy (non-hydrogen) atoms. The van der Waals surface area contributed by atoms with E-state index in [1.54, 1.807) is 0 Å². The number of benzene rings is 2. The third-order valence-electron chi connectivity index (χ3n) is 3.06. The van der Waals surface area contributed by atoms with Crippen LogP contribution in [0.4, 0.5) is 0 Å². The molecule has 3 nitrogen and oxygen atoms in total. The average molecular weight is 296 g/mol. The first-order chi connectivity index (χ1) is 10.7. The summed E-state index contributed by atoms with van der Waals surface area (Å²) in [5.41, 5.74) is 2.87. The van der Waals surface area contributed by atoms with Gasteiger partial charge in [-0.25, -0.2) is 0 Å². The third-order valence-corrected chi connectivity index (χ3v) is 3.06. The van der Waals surface area contributed by atoms with Gasteiger partial charge in [0, 0.05) is 18.1 Å². The van der Waals surface area contributed by atoms with Crippen molar-refractivity contribution >= 4 is 6.29 Å². The van der Waals surface area contributed by atoms with Gasteiger partial charge in [-0.1, -0.05) is 43.0 Å². The maximum Gasteiger partial charge on any atom is 0.127 e. The van der Waals surface area contributed by atoms with Crippen molar-refractivity contribution < 1.29 is 14.3 Å². The summed E-state index contributed by atoms with van der Waals surface area (Å²) in [5.74, 6) is 1.39. The number of carbonyl (C=O) groups excluding carboxylic acids is 1. The highest BCUT2D eigenvalue weighted by molar-refractivity contribution is 5.58. The Hall–Kier alpha value is -2.55. The van der Waals surface area contributed by atoms with Crippen LogP contribution in [0.3, 0.4) is 0 Å². The minimum atomic E-state index is 0.324. The van der Waals surface area contributed by atoms with Gasteiger partial charge < -0.3 is 14.3 Å². The van der Waals surface area contributed by atoms with E-state index in [0.717, 1.165) is 28.7 Å². The van der Waals surface area contributed by atoms with Crippen molar-refractivity contribution in [2.75, 3.05) is 6.61 Å². The van der Waals surface area contributed by atoms with E-state index in [-0.39, 0.29) is 0 Å². The molecule has 0 amide bonds. The number of hydrogen-bond donors (Lipinski definition) is 0. The molecule has 0 heterocycles. The van der Waals surface area contributed by atoms with Gasteiger partial charge in [-0.2, -0.15) is 0 Å². The number of hydrogen-bond acceptors (Lipinski definition) is 3. The first kappa shape index (κ1) is 15.8. The summed E-state index contributed by atoms with van der Waals surface area (Å²) in [6.07, 6.45) is 1.19. The zero-order valence-electron chi connectivity index (χ0n) is 12.7. The lowest BCUT2D eigenvalue weighted by atomic mass is 10.1. The lowest BCUT2D eigenvalue weighted by Gasteiger charge is -2.13. The second-order valence-corrected chi connectivity index (χ2v) is 5.16. The van der Waals surface area contributed by atoms with Crippen LogP contribution < -0.4 is 9.47 Å². The van der Waals surface area contributed by atoms with Gasteiger partial charge in [-0.3, -0.25) is 0 Å². The molecule has 0 N–H and O–H groups in total. The van der Waals surface area contributed by atoms with Crippen molar-refractivity contribution in [3.05, 3.63) is 71.8 Å². The van der Waals surface area contributed by atoms with Crippen LogP contribution in [-0.2, 0) is 17.8 Å². The monoisotopic (exact) mass is 296 g/mol. The van der Waals surface area contributed by atoms with Crippen LogP contribution in [0.1, 0.15) is 18.1 Å². The summed E-state index contributed by atoms with van der Waals surface area (Å²) in [6.45, 7) is 6.63. The normalized spacial score (nSPS) is 10.0. The van der Waals surface area contributed by atoms with E-state index >= 15 is 0 Å². The van der Waals surface area contributed by atoms with E-state index < -0.39 is 0 Å². The Labute approximate surface area is 131 Å². The number of carbonyl (C=O) groups is 1. The van der Waals surface area contributed by atoms with Gasteiger partial charge in [0.05, 0.1) is 0 Å². The van der Waals surface area contributed by atoms with E-state index in [1.165, 1.54) is 0 Å². The summed E-state index contributed by atoms with van der Waals surface area (Å²) in [4.78, 5) is 10.8. The molecular weight excluding hydrogens is 276 g/mol. The fourth-order valence-electron chi connectivity index (χ4n) is 1.96. The SMILES string of the molecule is C=C(C)COc1cc(OCc2ccccc2)ccc1CC=O. The molecule has 2 rings (SSSR count). The van der Waals surface area contributed by atoms with E-state index in [0.29, 0.717) is 25.4 Å². The summed E-state index contributed by atoms with van der Waals surface area (Å²) in [7, 11) is 0. The lowest BCUT2D eigenvalue weighted by Crippen LogP contribution is -2.02. The first-order valence-corrected chi connectivity index (χ1v) is 7.19. The maximum atomic E-state index is 10.8. The predicted molar refractivity (Wildman–Crippen MR) is 87.3 cm³/mol. The summed E-state index contributed by atoms with van der Waals surface area (Å²) in [6, 6.07) is 15.5. The molecular formula is C19H20O3. The zero-order valence-corrected chi connectivity index (χ0v) is 12.7. The van der Waals surface area contributed by atoms with Gasteiger partial charge in [0.1, 0.15) is 31.0 Å². The molecule has 0 aliphatic heterocycles. The summed E-state index contributed by atoms with van der Waals surface area (Å²) < 4.78 is 11.5. The molecule has 0 aliphatic rings. The Morgan fingerprint density at radius 1 is 1.14 bits per heavy atom. The van der Waals surface area contributed by atoms with Gasteiger partial charge in [0.2, 0.25) is 0 Å². The molecule has 0 bridgehead atoms. The van der Waals surface area contributed by atoms with Crippen molar-refractivity contribution in [1.29, 1.82) is 0 Å². The molecule has 0 unspecified atom stereocenters. The minimum absolute atomic E-state index is 0.324. The Kier molecular flexibility index (Phi) is 5.78. The van der Waals surface area contributed by atoms with Crippen LogP contribution in [-0.4, -0.2) is 12.9 Å². The van der Waals surface area contributed by atoms with Crippen LogP contribution >= 0.6 is 0 Å². The quantitative estimate of drug-likeness (QED) is 0.546. The van der Waals surface area contributed by atoms with Crippen LogP contribution in [0, 0.1) is 0 Å². The van der Waals surface area contributed by atoms with E-state index in [2.05, 4.69) is 6.58 Å². The number of aldehydes is 1. The minimum Gasteiger partial charge on any atom is -0.489 e. The van der Waals surface area contributed by atoms with Crippen molar-refractivity contribution in [2.24, 2.45) is 0 Å². The third kappa shape index (κ3) is 4.77. The first-order valence-electron chi connectivity index (χ1n) is 7.19. The summed E-state index contributed by atoms with van der Waals surface area (Å²) >= 11 is 0. The smallest absolute Gasteiger partial charge is 0.127 e. The van der Waals surface area contributed by atoms with Crippen LogP contribution in [0.5, 0.6) is 11.5 Å². The van der Waals surface area contributed by atoms with Crippen LogP contribution in [0.15, 0.2) is 60.7 Å². The van der Waals surface area contributed by atoms with Crippen LogP contribution in [0.25, 0.3) is 0 Å². The molecule has 0 saturated heterocycles. The van der Waals surface area contributed by atoms with Crippen molar-refractivity contribution in [3.8, 4) is 11.5 Å². The Morgan fingerprint density at radius 2 is 1.91 bits per heavy atom. The molecule has 0 spiro atoms. The zero-order chi connectivity index (χ0) is 15.8. The van der Waals surface area contributed by atoms with Crippen molar-refractivity contribution in [3.63, 3.8) is 0 Å². The molecule has 3 heteroatoms. The summed E-state index contributed by atoms with van der Waals surface area (Å²) in [5, 5.41) is 0. The molecule has 0 saturated carbocycles. The topological polar surface area (TPSA) is 35.5 Å². The van der Waals surface area contributed by atoms with Gasteiger partial charge in [-0.05, 0) is 24.1 Å².